The average molecular weight is 502 g/mol. The second-order valence-electron chi connectivity index (χ2n) is 7.50. The molecule has 0 bridgehead atoms. The van der Waals surface area contributed by atoms with Crippen LogP contribution in [0.2, 0.25) is 5.02 Å². The van der Waals surface area contributed by atoms with E-state index in [1.54, 1.807) is 31.2 Å². The lowest BCUT2D eigenvalue weighted by molar-refractivity contribution is -0.0605. The lowest BCUT2D eigenvalue weighted by Gasteiger charge is -2.13. The summed E-state index contributed by atoms with van der Waals surface area (Å²) in [5.74, 6) is -1.80. The van der Waals surface area contributed by atoms with Crippen LogP contribution in [-0.4, -0.2) is 34.6 Å². The lowest BCUT2D eigenvalue weighted by atomic mass is 10.0. The van der Waals surface area contributed by atoms with Gasteiger partial charge in [0.25, 0.3) is 5.91 Å². The number of hydrogen-bond donors (Lipinski definition) is 3. The molecule has 180 valence electrons. The first-order valence-corrected chi connectivity index (χ1v) is 10.6. The monoisotopic (exact) mass is 501 g/mol. The van der Waals surface area contributed by atoms with Crippen LogP contribution in [0.15, 0.2) is 71.7 Å². The molecule has 0 radical (unpaired) electrons. The molecule has 0 saturated carbocycles. The van der Waals surface area contributed by atoms with Gasteiger partial charge in [-0.3, -0.25) is 9.79 Å². The molecule has 3 rings (SSSR count). The minimum absolute atomic E-state index is 0.0561. The van der Waals surface area contributed by atoms with Crippen molar-refractivity contribution in [2.75, 3.05) is 5.32 Å². The fourth-order valence-electron chi connectivity index (χ4n) is 3.17. The topological polar surface area (TPSA) is 103 Å². The highest BCUT2D eigenvalue weighted by Crippen LogP contribution is 2.27. The smallest absolute Gasteiger partial charge is 0.429 e. The molecule has 0 heterocycles. The van der Waals surface area contributed by atoms with Crippen molar-refractivity contribution in [3.05, 3.63) is 94.0 Å². The maximum atomic E-state index is 13.0. The first-order chi connectivity index (χ1) is 16.5. The second-order valence-corrected chi connectivity index (χ2v) is 7.90. The molecule has 3 aromatic rings. The fraction of sp³-hybridized carbons (Fsp3) is 0.120. The molecule has 0 atom stereocenters. The van der Waals surface area contributed by atoms with Crippen LogP contribution in [0.5, 0.6) is 0 Å². The number of alkyl halides is 3. The van der Waals surface area contributed by atoms with E-state index in [0.717, 1.165) is 0 Å². The van der Waals surface area contributed by atoms with Gasteiger partial charge in [-0.2, -0.15) is 13.2 Å². The summed E-state index contributed by atoms with van der Waals surface area (Å²) in [7, 11) is 0. The molecule has 35 heavy (non-hydrogen) atoms. The molecule has 0 aromatic heterocycles. The van der Waals surface area contributed by atoms with Crippen LogP contribution >= 0.6 is 11.6 Å². The number of halogens is 4. The van der Waals surface area contributed by atoms with Crippen molar-refractivity contribution in [3.63, 3.8) is 0 Å². The van der Waals surface area contributed by atoms with E-state index < -0.39 is 30.2 Å². The van der Waals surface area contributed by atoms with Crippen LogP contribution in [0.3, 0.4) is 0 Å². The molecule has 1 amide bonds. The number of amides is 1. The quantitative estimate of drug-likeness (QED) is 0.314. The van der Waals surface area contributed by atoms with Crippen LogP contribution < -0.4 is 5.32 Å². The van der Waals surface area contributed by atoms with Gasteiger partial charge in [-0.15, -0.1) is 0 Å². The summed E-state index contributed by atoms with van der Waals surface area (Å²) in [6, 6.07) is 16.5. The molecular formula is C25H19ClF3N3O3. The van der Waals surface area contributed by atoms with Crippen molar-refractivity contribution < 1.29 is 27.9 Å². The van der Waals surface area contributed by atoms with Gasteiger partial charge in [-0.1, -0.05) is 48.0 Å². The molecule has 0 saturated heterocycles. The van der Waals surface area contributed by atoms with Crippen LogP contribution in [0.4, 0.5) is 24.5 Å². The van der Waals surface area contributed by atoms with Crippen LogP contribution in [0.1, 0.15) is 38.3 Å². The molecule has 0 aliphatic rings. The zero-order chi connectivity index (χ0) is 25.8. The van der Waals surface area contributed by atoms with Gasteiger partial charge in [0.2, 0.25) is 0 Å². The Kier molecular flexibility index (Phi) is 7.71. The Labute approximate surface area is 203 Å². The number of hydrogen-bond acceptors (Lipinski definition) is 4. The summed E-state index contributed by atoms with van der Waals surface area (Å²) in [6.07, 6.45) is -5.62. The molecule has 3 aromatic carbocycles. The number of nitrogens with zero attached hydrogens (tertiary/aromatic N) is 1. The van der Waals surface area contributed by atoms with Crippen molar-refractivity contribution in [1.29, 1.82) is 5.41 Å². The second kappa shape index (κ2) is 10.5. The Hall–Kier alpha value is -3.98. The number of carbonyl (C=O) groups is 2. The van der Waals surface area contributed by atoms with E-state index in [2.05, 4.69) is 10.3 Å². The number of carbonyl (C=O) groups excluding carboxylic acids is 1. The third kappa shape index (κ3) is 6.33. The van der Waals surface area contributed by atoms with Gasteiger partial charge in [-0.25, -0.2) is 4.79 Å². The minimum atomic E-state index is -4.82. The maximum absolute atomic E-state index is 13.0. The molecule has 6 nitrogen and oxygen atoms in total. The standard InChI is InChI=1S/C25H19ClF3N3O3/c1-14-5-4-6-17(24(34)35)22(14)32-23(33)16-11-9-15(10-12-16)20(13-21(30)25(27,28)29)31-19-8-3-2-7-18(19)26/h2-12,30H,13H2,1H3,(H,32,33)(H,34,35). The largest absolute Gasteiger partial charge is 0.478 e. The Morgan fingerprint density at radius 1 is 1.00 bits per heavy atom. The summed E-state index contributed by atoms with van der Waals surface area (Å²) in [6.45, 7) is 1.65. The number of anilines is 1. The highest BCUT2D eigenvalue weighted by molar-refractivity contribution is 6.33. The van der Waals surface area contributed by atoms with Crippen molar-refractivity contribution >= 4 is 46.3 Å². The van der Waals surface area contributed by atoms with Gasteiger partial charge in [0.05, 0.1) is 27.7 Å². The third-order valence-corrected chi connectivity index (χ3v) is 5.34. The number of benzene rings is 3. The molecular weight excluding hydrogens is 483 g/mol. The van der Waals surface area contributed by atoms with E-state index in [1.807, 2.05) is 0 Å². The fourth-order valence-corrected chi connectivity index (χ4v) is 3.35. The Bertz CT molecular complexity index is 1320. The van der Waals surface area contributed by atoms with Gasteiger partial charge in [0, 0.05) is 12.0 Å². The van der Waals surface area contributed by atoms with E-state index in [0.29, 0.717) is 5.56 Å². The zero-order valence-electron chi connectivity index (χ0n) is 18.3. The first-order valence-electron chi connectivity index (χ1n) is 10.2. The van der Waals surface area contributed by atoms with Crippen molar-refractivity contribution in [3.8, 4) is 0 Å². The number of carboxylic acid groups (broad SMARTS) is 1. The molecule has 10 heteroatoms. The number of nitrogens with one attached hydrogen (secondary N) is 2. The van der Waals surface area contributed by atoms with Crippen LogP contribution in [0.25, 0.3) is 0 Å². The normalized spacial score (nSPS) is 11.7. The van der Waals surface area contributed by atoms with E-state index in [9.17, 15) is 27.9 Å². The predicted molar refractivity (Wildman–Crippen MR) is 129 cm³/mol. The average Bonchev–Trinajstić information content (AvgIpc) is 2.80. The summed E-state index contributed by atoms with van der Waals surface area (Å²) >= 11 is 6.10. The third-order valence-electron chi connectivity index (χ3n) is 5.02. The highest BCUT2D eigenvalue weighted by atomic mass is 35.5. The van der Waals surface area contributed by atoms with Crippen molar-refractivity contribution in [2.24, 2.45) is 4.99 Å². The Balaban J connectivity index is 1.93. The van der Waals surface area contributed by atoms with Crippen molar-refractivity contribution in [1.82, 2.24) is 0 Å². The number of rotatable bonds is 7. The van der Waals surface area contributed by atoms with Crippen molar-refractivity contribution in [2.45, 2.75) is 19.5 Å². The van der Waals surface area contributed by atoms with Gasteiger partial charge in [-0.05, 0) is 48.4 Å². The summed E-state index contributed by atoms with van der Waals surface area (Å²) < 4.78 is 39.1. The van der Waals surface area contributed by atoms with E-state index in [4.69, 9.17) is 17.0 Å². The number of aromatic carboxylic acids is 1. The van der Waals surface area contributed by atoms with E-state index >= 15 is 0 Å². The maximum Gasteiger partial charge on any atom is 0.429 e. The van der Waals surface area contributed by atoms with Gasteiger partial charge < -0.3 is 15.8 Å². The number of para-hydroxylation sites is 2. The zero-order valence-corrected chi connectivity index (χ0v) is 19.0. The number of aryl methyl sites for hydroxylation is 1. The summed E-state index contributed by atoms with van der Waals surface area (Å²) in [5, 5.41) is 19.6. The van der Waals surface area contributed by atoms with Crippen LogP contribution in [0, 0.1) is 12.3 Å². The molecule has 3 N–H and O–H groups in total. The minimum Gasteiger partial charge on any atom is -0.478 e. The van der Waals surface area contributed by atoms with E-state index in [1.165, 1.54) is 42.5 Å². The first kappa shape index (κ1) is 25.6. The Morgan fingerprint density at radius 3 is 2.23 bits per heavy atom. The van der Waals surface area contributed by atoms with Crippen LogP contribution in [-0.2, 0) is 0 Å². The number of carboxylic acids is 1. The molecule has 0 aliphatic heterocycles. The van der Waals surface area contributed by atoms with Gasteiger partial charge in [0.15, 0.2) is 0 Å². The Morgan fingerprint density at radius 2 is 1.63 bits per heavy atom. The number of aliphatic imine (C=N–C) groups is 1. The van der Waals surface area contributed by atoms with E-state index in [-0.39, 0.29) is 38.8 Å². The van der Waals surface area contributed by atoms with Gasteiger partial charge >= 0.3 is 12.1 Å². The highest BCUT2D eigenvalue weighted by Gasteiger charge is 2.35. The molecule has 0 fully saturated rings. The molecule has 0 spiro atoms. The van der Waals surface area contributed by atoms with Gasteiger partial charge in [0.1, 0.15) is 5.71 Å². The SMILES string of the molecule is Cc1cccc(C(=O)O)c1NC(=O)c1ccc(C(CC(=N)C(F)(F)F)=Nc2ccccc2Cl)cc1. The lowest BCUT2D eigenvalue weighted by Crippen LogP contribution is -2.25. The summed E-state index contributed by atoms with van der Waals surface area (Å²) in [4.78, 5) is 28.5. The predicted octanol–water partition coefficient (Wildman–Crippen LogP) is 6.69. The molecule has 0 unspecified atom stereocenters. The summed E-state index contributed by atoms with van der Waals surface area (Å²) in [5.41, 5.74) is -0.265. The molecule has 0 aliphatic carbocycles.